The van der Waals surface area contributed by atoms with E-state index in [0.717, 1.165) is 17.8 Å². The summed E-state index contributed by atoms with van der Waals surface area (Å²) in [6, 6.07) is 5.04. The molecule has 0 radical (unpaired) electrons. The molecule has 90 valence electrons. The van der Waals surface area contributed by atoms with Crippen LogP contribution in [-0.4, -0.2) is 16.6 Å². The van der Waals surface area contributed by atoms with Gasteiger partial charge in [0.05, 0.1) is 16.5 Å². The van der Waals surface area contributed by atoms with Crippen LogP contribution in [0.15, 0.2) is 35.2 Å². The molecule has 0 unspecified atom stereocenters. The van der Waals surface area contributed by atoms with Gasteiger partial charge in [-0.3, -0.25) is 0 Å². The van der Waals surface area contributed by atoms with Crippen LogP contribution >= 0.6 is 15.9 Å². The number of imidazole rings is 1. The molecule has 0 spiro atoms. The largest absolute Gasteiger partial charge is 0.333 e. The van der Waals surface area contributed by atoms with E-state index in [9.17, 15) is 4.39 Å². The van der Waals surface area contributed by atoms with Gasteiger partial charge in [-0.15, -0.1) is 0 Å². The fraction of sp³-hybridized carbons (Fsp3) is 0.250. The molecule has 0 aliphatic heterocycles. The van der Waals surface area contributed by atoms with E-state index in [1.807, 2.05) is 23.9 Å². The van der Waals surface area contributed by atoms with Crippen LogP contribution in [0, 0.1) is 5.82 Å². The van der Waals surface area contributed by atoms with Gasteiger partial charge in [0, 0.05) is 19.3 Å². The second kappa shape index (κ2) is 5.42. The number of benzene rings is 1. The van der Waals surface area contributed by atoms with Crippen molar-refractivity contribution in [2.45, 2.75) is 13.1 Å². The van der Waals surface area contributed by atoms with Gasteiger partial charge in [-0.05, 0) is 34.6 Å². The van der Waals surface area contributed by atoms with E-state index in [-0.39, 0.29) is 5.82 Å². The van der Waals surface area contributed by atoms with Crippen LogP contribution in [0.4, 0.5) is 4.39 Å². The monoisotopic (exact) mass is 297 g/mol. The molecule has 1 heterocycles. The molecule has 5 heteroatoms. The third-order valence-electron chi connectivity index (χ3n) is 2.43. The lowest BCUT2D eigenvalue weighted by Crippen LogP contribution is -2.05. The van der Waals surface area contributed by atoms with E-state index < -0.39 is 0 Å². The smallest absolute Gasteiger partial charge is 0.137 e. The van der Waals surface area contributed by atoms with Crippen molar-refractivity contribution in [3.63, 3.8) is 0 Å². The van der Waals surface area contributed by atoms with Crippen molar-refractivity contribution in [1.29, 1.82) is 0 Å². The Morgan fingerprint density at radius 3 is 3.06 bits per heavy atom. The lowest BCUT2D eigenvalue weighted by Gasteiger charge is -2.05. The molecule has 3 nitrogen and oxygen atoms in total. The molecule has 2 aromatic rings. The second-order valence-electron chi connectivity index (χ2n) is 3.78. The topological polar surface area (TPSA) is 29.9 Å². The first-order valence-electron chi connectivity index (χ1n) is 5.29. The molecular formula is C12H13BrFN3. The first kappa shape index (κ1) is 12.3. The van der Waals surface area contributed by atoms with Crippen molar-refractivity contribution in [1.82, 2.24) is 14.9 Å². The molecule has 0 saturated carbocycles. The van der Waals surface area contributed by atoms with Gasteiger partial charge < -0.3 is 9.88 Å². The zero-order chi connectivity index (χ0) is 12.3. The summed E-state index contributed by atoms with van der Waals surface area (Å²) < 4.78 is 15.8. The number of rotatable bonds is 4. The molecule has 1 N–H and O–H groups in total. The Balaban J connectivity index is 2.16. The zero-order valence-corrected chi connectivity index (χ0v) is 11.0. The zero-order valence-electron chi connectivity index (χ0n) is 9.45. The Labute approximate surface area is 108 Å². The van der Waals surface area contributed by atoms with Crippen LogP contribution in [0.3, 0.4) is 0 Å². The van der Waals surface area contributed by atoms with E-state index in [4.69, 9.17) is 0 Å². The summed E-state index contributed by atoms with van der Waals surface area (Å²) in [5, 5.41) is 3.04. The van der Waals surface area contributed by atoms with Gasteiger partial charge in [0.25, 0.3) is 0 Å². The molecule has 0 saturated heterocycles. The van der Waals surface area contributed by atoms with E-state index in [2.05, 4.69) is 26.2 Å². The number of hydrogen-bond donors (Lipinski definition) is 1. The van der Waals surface area contributed by atoms with Gasteiger partial charge in [0.15, 0.2) is 0 Å². The normalized spacial score (nSPS) is 10.8. The highest BCUT2D eigenvalue weighted by Gasteiger charge is 2.06. The summed E-state index contributed by atoms with van der Waals surface area (Å²) in [6.45, 7) is 1.34. The molecule has 1 aromatic carbocycles. The number of nitrogens with zero attached hydrogens (tertiary/aromatic N) is 2. The maximum Gasteiger partial charge on any atom is 0.137 e. The quantitative estimate of drug-likeness (QED) is 0.940. The highest BCUT2D eigenvalue weighted by molar-refractivity contribution is 9.10. The van der Waals surface area contributed by atoms with E-state index >= 15 is 0 Å². The number of halogens is 2. The van der Waals surface area contributed by atoms with Crippen LogP contribution in [0.25, 0.3) is 0 Å². The SMILES string of the molecule is CNCc1cn(Cc2cccc(F)c2Br)cn1. The number of hydrogen-bond acceptors (Lipinski definition) is 2. The molecule has 0 aliphatic carbocycles. The highest BCUT2D eigenvalue weighted by atomic mass is 79.9. The predicted octanol–water partition coefficient (Wildman–Crippen LogP) is 2.55. The molecule has 2 rings (SSSR count). The second-order valence-corrected chi connectivity index (χ2v) is 4.57. The Kier molecular flexibility index (Phi) is 3.91. The van der Waals surface area contributed by atoms with Gasteiger partial charge in [-0.25, -0.2) is 9.37 Å². The molecular weight excluding hydrogens is 285 g/mol. The fourth-order valence-electron chi connectivity index (χ4n) is 1.63. The van der Waals surface area contributed by atoms with Gasteiger partial charge in [-0.2, -0.15) is 0 Å². The summed E-state index contributed by atoms with van der Waals surface area (Å²) >= 11 is 3.25. The minimum Gasteiger partial charge on any atom is -0.333 e. The average Bonchev–Trinajstić information content (AvgIpc) is 2.73. The maximum atomic E-state index is 13.3. The minimum atomic E-state index is -0.238. The molecule has 0 atom stereocenters. The van der Waals surface area contributed by atoms with Crippen LogP contribution < -0.4 is 5.32 Å². The number of nitrogens with one attached hydrogen (secondary N) is 1. The molecule has 17 heavy (non-hydrogen) atoms. The third kappa shape index (κ3) is 2.92. The van der Waals surface area contributed by atoms with Crippen molar-refractivity contribution in [2.24, 2.45) is 0 Å². The van der Waals surface area contributed by atoms with Crippen LogP contribution in [0.1, 0.15) is 11.3 Å². The van der Waals surface area contributed by atoms with Crippen LogP contribution in [0.5, 0.6) is 0 Å². The fourth-order valence-corrected chi connectivity index (χ4v) is 2.02. The predicted molar refractivity (Wildman–Crippen MR) is 68.2 cm³/mol. The molecule has 1 aromatic heterocycles. The molecule has 0 fully saturated rings. The van der Waals surface area contributed by atoms with E-state index in [0.29, 0.717) is 11.0 Å². The van der Waals surface area contributed by atoms with E-state index in [1.165, 1.54) is 6.07 Å². The molecule has 0 aliphatic rings. The first-order chi connectivity index (χ1) is 8.20. The van der Waals surface area contributed by atoms with Crippen molar-refractivity contribution < 1.29 is 4.39 Å². The highest BCUT2D eigenvalue weighted by Crippen LogP contribution is 2.21. The Morgan fingerprint density at radius 2 is 2.29 bits per heavy atom. The van der Waals surface area contributed by atoms with Crippen LogP contribution in [-0.2, 0) is 13.1 Å². The Morgan fingerprint density at radius 1 is 1.47 bits per heavy atom. The van der Waals surface area contributed by atoms with Gasteiger partial charge in [0.2, 0.25) is 0 Å². The van der Waals surface area contributed by atoms with Gasteiger partial charge in [-0.1, -0.05) is 12.1 Å². The minimum absolute atomic E-state index is 0.238. The van der Waals surface area contributed by atoms with Crippen molar-refractivity contribution in [2.75, 3.05) is 7.05 Å². The van der Waals surface area contributed by atoms with Crippen molar-refractivity contribution >= 4 is 15.9 Å². The summed E-state index contributed by atoms with van der Waals surface area (Å²) in [5.41, 5.74) is 1.87. The Bertz CT molecular complexity index is 510. The van der Waals surface area contributed by atoms with Gasteiger partial charge >= 0.3 is 0 Å². The maximum absolute atomic E-state index is 13.3. The Hall–Kier alpha value is -1.20. The van der Waals surface area contributed by atoms with Crippen molar-refractivity contribution in [3.8, 4) is 0 Å². The summed E-state index contributed by atoms with van der Waals surface area (Å²) in [4.78, 5) is 4.25. The lowest BCUT2D eigenvalue weighted by molar-refractivity contribution is 0.616. The summed E-state index contributed by atoms with van der Waals surface area (Å²) in [6.07, 6.45) is 3.71. The third-order valence-corrected chi connectivity index (χ3v) is 3.32. The lowest BCUT2D eigenvalue weighted by atomic mass is 10.2. The number of aromatic nitrogens is 2. The summed E-state index contributed by atoms with van der Waals surface area (Å²) in [7, 11) is 1.88. The standard InChI is InChI=1S/C12H13BrFN3/c1-15-5-10-7-17(8-16-10)6-9-3-2-4-11(14)12(9)13/h2-4,7-8,15H,5-6H2,1H3. The van der Waals surface area contributed by atoms with Crippen molar-refractivity contribution in [3.05, 3.63) is 52.3 Å². The molecule has 0 bridgehead atoms. The average molecular weight is 298 g/mol. The first-order valence-corrected chi connectivity index (χ1v) is 6.08. The summed E-state index contributed by atoms with van der Waals surface area (Å²) in [5.74, 6) is -0.238. The van der Waals surface area contributed by atoms with Gasteiger partial charge in [0.1, 0.15) is 5.82 Å². The van der Waals surface area contributed by atoms with E-state index in [1.54, 1.807) is 12.4 Å². The molecule has 0 amide bonds. The van der Waals surface area contributed by atoms with Crippen LogP contribution in [0.2, 0.25) is 0 Å².